The Hall–Kier alpha value is -2.34. The summed E-state index contributed by atoms with van der Waals surface area (Å²) in [6.45, 7) is 5.17. The molecule has 1 aromatic carbocycles. The summed E-state index contributed by atoms with van der Waals surface area (Å²) in [4.78, 5) is 28.1. The van der Waals surface area contributed by atoms with E-state index in [1.54, 1.807) is 4.90 Å². The summed E-state index contributed by atoms with van der Waals surface area (Å²) in [5, 5.41) is 4.97. The lowest BCUT2D eigenvalue weighted by Gasteiger charge is -2.35. The lowest BCUT2D eigenvalue weighted by molar-refractivity contribution is -0.127. The Morgan fingerprint density at radius 1 is 1.26 bits per heavy atom. The highest BCUT2D eigenvalue weighted by molar-refractivity contribution is 7.12. The van der Waals surface area contributed by atoms with Crippen LogP contribution in [0, 0.1) is 0 Å². The van der Waals surface area contributed by atoms with Gasteiger partial charge < -0.3 is 15.0 Å². The number of benzene rings is 1. The van der Waals surface area contributed by atoms with Crippen LogP contribution in [0.15, 0.2) is 41.8 Å². The van der Waals surface area contributed by atoms with E-state index in [-0.39, 0.29) is 17.9 Å². The molecule has 1 fully saturated rings. The minimum atomic E-state index is -0.404. The topological polar surface area (TPSA) is 58.6 Å². The minimum absolute atomic E-state index is 0.0430. The Morgan fingerprint density at radius 3 is 2.70 bits per heavy atom. The first-order valence-corrected chi connectivity index (χ1v) is 10.4. The molecule has 6 heteroatoms. The van der Waals surface area contributed by atoms with Crippen molar-refractivity contribution in [3.63, 3.8) is 0 Å². The molecule has 144 valence electrons. The SMILES string of the molecule is CCOc1ccc(C(C)NC(=O)C2CCCCN2C(=O)c2cccs2)cc1. The molecule has 2 heterocycles. The number of nitrogens with one attached hydrogen (secondary N) is 1. The van der Waals surface area contributed by atoms with E-state index in [0.717, 1.165) is 24.2 Å². The molecule has 0 spiro atoms. The lowest BCUT2D eigenvalue weighted by atomic mass is 10.00. The number of ether oxygens (including phenoxy) is 1. The summed E-state index contributed by atoms with van der Waals surface area (Å²) in [5.74, 6) is 0.694. The van der Waals surface area contributed by atoms with Gasteiger partial charge in [-0.2, -0.15) is 0 Å². The average molecular weight is 387 g/mol. The highest BCUT2D eigenvalue weighted by Crippen LogP contribution is 2.23. The Labute approximate surface area is 164 Å². The predicted octanol–water partition coefficient (Wildman–Crippen LogP) is 4.02. The van der Waals surface area contributed by atoms with Crippen molar-refractivity contribution < 1.29 is 14.3 Å². The molecular formula is C21H26N2O3S. The van der Waals surface area contributed by atoms with Crippen molar-refractivity contribution in [2.45, 2.75) is 45.2 Å². The molecule has 1 aromatic heterocycles. The first kappa shape index (κ1) is 19.4. The Kier molecular flexibility index (Phi) is 6.50. The number of thiophene rings is 1. The second-order valence-corrected chi connectivity index (χ2v) is 7.67. The molecule has 1 N–H and O–H groups in total. The first-order chi connectivity index (χ1) is 13.1. The van der Waals surface area contributed by atoms with Gasteiger partial charge in [0.1, 0.15) is 11.8 Å². The fourth-order valence-corrected chi connectivity index (χ4v) is 4.08. The summed E-state index contributed by atoms with van der Waals surface area (Å²) >= 11 is 1.42. The van der Waals surface area contributed by atoms with Gasteiger partial charge in [0, 0.05) is 6.54 Å². The van der Waals surface area contributed by atoms with Gasteiger partial charge in [-0.15, -0.1) is 11.3 Å². The molecule has 2 unspecified atom stereocenters. The van der Waals surface area contributed by atoms with Crippen molar-refractivity contribution in [1.29, 1.82) is 0 Å². The van der Waals surface area contributed by atoms with E-state index in [1.807, 2.05) is 55.6 Å². The number of amides is 2. The first-order valence-electron chi connectivity index (χ1n) is 9.47. The van der Waals surface area contributed by atoms with Gasteiger partial charge in [0.2, 0.25) is 5.91 Å². The molecule has 2 amide bonds. The van der Waals surface area contributed by atoms with Crippen LogP contribution < -0.4 is 10.1 Å². The molecule has 2 aromatic rings. The van der Waals surface area contributed by atoms with E-state index >= 15 is 0 Å². The summed E-state index contributed by atoms with van der Waals surface area (Å²) in [6.07, 6.45) is 2.61. The van der Waals surface area contributed by atoms with Gasteiger partial charge in [-0.25, -0.2) is 0 Å². The van der Waals surface area contributed by atoms with Crippen LogP contribution in [0.3, 0.4) is 0 Å². The zero-order chi connectivity index (χ0) is 19.2. The number of carbonyl (C=O) groups excluding carboxylic acids is 2. The quantitative estimate of drug-likeness (QED) is 0.816. The molecule has 5 nitrogen and oxygen atoms in total. The van der Waals surface area contributed by atoms with Crippen molar-refractivity contribution in [2.24, 2.45) is 0 Å². The Balaban J connectivity index is 1.66. The van der Waals surface area contributed by atoms with Gasteiger partial charge in [0.25, 0.3) is 5.91 Å². The van der Waals surface area contributed by atoms with Gasteiger partial charge in [-0.1, -0.05) is 18.2 Å². The van der Waals surface area contributed by atoms with Gasteiger partial charge in [-0.3, -0.25) is 9.59 Å². The third-order valence-corrected chi connectivity index (χ3v) is 5.71. The fraction of sp³-hybridized carbons (Fsp3) is 0.429. The van der Waals surface area contributed by atoms with E-state index in [1.165, 1.54) is 11.3 Å². The Bertz CT molecular complexity index is 758. The summed E-state index contributed by atoms with van der Waals surface area (Å²) in [6, 6.07) is 10.9. The molecule has 0 aliphatic carbocycles. The largest absolute Gasteiger partial charge is 0.494 e. The maximum atomic E-state index is 12.9. The van der Waals surface area contributed by atoms with Crippen LogP contribution >= 0.6 is 11.3 Å². The molecule has 2 atom stereocenters. The van der Waals surface area contributed by atoms with Crippen molar-refractivity contribution in [3.05, 3.63) is 52.2 Å². The van der Waals surface area contributed by atoms with Crippen molar-refractivity contribution >= 4 is 23.2 Å². The monoisotopic (exact) mass is 386 g/mol. The highest BCUT2D eigenvalue weighted by Gasteiger charge is 2.33. The number of likely N-dealkylation sites (tertiary alicyclic amines) is 1. The molecular weight excluding hydrogens is 360 g/mol. The average Bonchev–Trinajstić information content (AvgIpc) is 3.23. The minimum Gasteiger partial charge on any atom is -0.494 e. The maximum absolute atomic E-state index is 12.9. The van der Waals surface area contributed by atoms with E-state index in [0.29, 0.717) is 24.4 Å². The van der Waals surface area contributed by atoms with Crippen molar-refractivity contribution in [3.8, 4) is 5.75 Å². The van der Waals surface area contributed by atoms with Crippen LogP contribution in [0.5, 0.6) is 5.75 Å². The van der Waals surface area contributed by atoms with Crippen molar-refractivity contribution in [2.75, 3.05) is 13.2 Å². The lowest BCUT2D eigenvalue weighted by Crippen LogP contribution is -2.52. The summed E-state index contributed by atoms with van der Waals surface area (Å²) in [7, 11) is 0. The zero-order valence-corrected chi connectivity index (χ0v) is 16.6. The van der Waals surface area contributed by atoms with E-state index < -0.39 is 6.04 Å². The zero-order valence-electron chi connectivity index (χ0n) is 15.8. The van der Waals surface area contributed by atoms with E-state index in [9.17, 15) is 9.59 Å². The molecule has 0 bridgehead atoms. The number of nitrogens with zero attached hydrogens (tertiary/aromatic N) is 1. The Morgan fingerprint density at radius 2 is 2.04 bits per heavy atom. The van der Waals surface area contributed by atoms with Gasteiger partial charge in [-0.05, 0) is 62.3 Å². The number of piperidine rings is 1. The number of rotatable bonds is 6. The molecule has 1 aliphatic rings. The summed E-state index contributed by atoms with van der Waals surface area (Å²) < 4.78 is 5.46. The van der Waals surface area contributed by atoms with Crippen LogP contribution in [0.1, 0.15) is 54.4 Å². The standard InChI is InChI=1S/C21H26N2O3S/c1-3-26-17-11-9-16(10-12-17)15(2)22-20(24)18-7-4-5-13-23(18)21(25)19-8-6-14-27-19/h6,8-12,14-15,18H,3-5,7,13H2,1-2H3,(H,22,24). The molecule has 1 aliphatic heterocycles. The third kappa shape index (κ3) is 4.69. The normalized spacial score (nSPS) is 18.0. The number of carbonyl (C=O) groups is 2. The predicted molar refractivity (Wildman–Crippen MR) is 107 cm³/mol. The van der Waals surface area contributed by atoms with Gasteiger partial charge >= 0.3 is 0 Å². The highest BCUT2D eigenvalue weighted by atomic mass is 32.1. The summed E-state index contributed by atoms with van der Waals surface area (Å²) in [5.41, 5.74) is 1.01. The molecule has 1 saturated heterocycles. The van der Waals surface area contributed by atoms with Crippen LogP contribution in [-0.4, -0.2) is 35.9 Å². The second kappa shape index (κ2) is 9.04. The smallest absolute Gasteiger partial charge is 0.264 e. The van der Waals surface area contributed by atoms with E-state index in [4.69, 9.17) is 4.74 Å². The van der Waals surface area contributed by atoms with Crippen LogP contribution in [0.2, 0.25) is 0 Å². The molecule has 0 radical (unpaired) electrons. The fourth-order valence-electron chi connectivity index (χ4n) is 3.40. The van der Waals surface area contributed by atoms with E-state index in [2.05, 4.69) is 5.32 Å². The molecule has 3 rings (SSSR count). The van der Waals surface area contributed by atoms with Gasteiger partial charge in [0.15, 0.2) is 0 Å². The van der Waals surface area contributed by atoms with Crippen LogP contribution in [0.25, 0.3) is 0 Å². The second-order valence-electron chi connectivity index (χ2n) is 6.72. The number of hydrogen-bond acceptors (Lipinski definition) is 4. The molecule has 0 saturated carbocycles. The van der Waals surface area contributed by atoms with Crippen LogP contribution in [0.4, 0.5) is 0 Å². The van der Waals surface area contributed by atoms with Crippen molar-refractivity contribution in [1.82, 2.24) is 10.2 Å². The maximum Gasteiger partial charge on any atom is 0.264 e. The van der Waals surface area contributed by atoms with Crippen LogP contribution in [-0.2, 0) is 4.79 Å². The third-order valence-electron chi connectivity index (χ3n) is 4.85. The van der Waals surface area contributed by atoms with Gasteiger partial charge in [0.05, 0.1) is 17.5 Å². The number of hydrogen-bond donors (Lipinski definition) is 1. The molecule has 27 heavy (non-hydrogen) atoms.